The molecule has 0 aromatic carbocycles. The number of hydrogen-bond donors (Lipinski definition) is 0. The van der Waals surface area contributed by atoms with Gasteiger partial charge in [-0.1, -0.05) is 23.2 Å². The van der Waals surface area contributed by atoms with Crippen LogP contribution in [0.25, 0.3) is 0 Å². The molecule has 1 aromatic heterocycles. The largest absolute Gasteiger partial charge is 0.315 e. The van der Waals surface area contributed by atoms with E-state index in [9.17, 15) is 0 Å². The van der Waals surface area contributed by atoms with Crippen LogP contribution in [-0.2, 0) is 5.54 Å². The van der Waals surface area contributed by atoms with Gasteiger partial charge in [0.2, 0.25) is 0 Å². The monoisotopic (exact) mass is 192 g/mol. The Kier molecular flexibility index (Phi) is 2.17. The van der Waals surface area contributed by atoms with Crippen molar-refractivity contribution in [3.05, 3.63) is 16.6 Å². The number of rotatable bonds is 0. The molecule has 62 valence electrons. The lowest BCUT2D eigenvalue weighted by atomic mass is 10.1. The van der Waals surface area contributed by atoms with Gasteiger partial charge in [-0.25, -0.2) is 4.98 Å². The molecule has 0 unspecified atom stereocenters. The quantitative estimate of drug-likeness (QED) is 0.619. The normalized spacial score (nSPS) is 12.1. The summed E-state index contributed by atoms with van der Waals surface area (Å²) in [7, 11) is 0. The summed E-state index contributed by atoms with van der Waals surface area (Å²) in [6.45, 7) is 6.12. The highest BCUT2D eigenvalue weighted by atomic mass is 35.5. The molecule has 0 aliphatic heterocycles. The van der Waals surface area contributed by atoms with Gasteiger partial charge in [0.15, 0.2) is 5.15 Å². The van der Waals surface area contributed by atoms with Crippen molar-refractivity contribution in [3.8, 4) is 0 Å². The molecular formula is C7H10Cl2N2. The van der Waals surface area contributed by atoms with E-state index in [-0.39, 0.29) is 5.54 Å². The summed E-state index contributed by atoms with van der Waals surface area (Å²) >= 11 is 11.5. The van der Waals surface area contributed by atoms with Gasteiger partial charge in [-0.3, -0.25) is 0 Å². The molecule has 0 saturated heterocycles. The lowest BCUT2D eigenvalue weighted by Gasteiger charge is -2.21. The molecular weight excluding hydrogens is 183 g/mol. The van der Waals surface area contributed by atoms with E-state index < -0.39 is 0 Å². The summed E-state index contributed by atoms with van der Waals surface area (Å²) in [5, 5.41) is 0.862. The van der Waals surface area contributed by atoms with Crippen LogP contribution < -0.4 is 0 Å². The SMILES string of the molecule is CC(C)(C)n1cnc(Cl)c1Cl. The summed E-state index contributed by atoms with van der Waals surface area (Å²) in [5.41, 5.74) is -0.0583. The molecule has 0 spiro atoms. The highest BCUT2D eigenvalue weighted by Crippen LogP contribution is 2.26. The van der Waals surface area contributed by atoms with E-state index in [0.717, 1.165) is 0 Å². The molecule has 0 fully saturated rings. The fourth-order valence-electron chi connectivity index (χ4n) is 0.779. The molecule has 0 saturated carbocycles. The van der Waals surface area contributed by atoms with Crippen molar-refractivity contribution in [2.45, 2.75) is 26.3 Å². The Morgan fingerprint density at radius 1 is 1.36 bits per heavy atom. The van der Waals surface area contributed by atoms with Crippen molar-refractivity contribution in [1.82, 2.24) is 9.55 Å². The van der Waals surface area contributed by atoms with Crippen molar-refractivity contribution in [3.63, 3.8) is 0 Å². The highest BCUT2D eigenvalue weighted by molar-refractivity contribution is 6.40. The maximum absolute atomic E-state index is 5.86. The Hall–Kier alpha value is -0.210. The Morgan fingerprint density at radius 3 is 2.09 bits per heavy atom. The van der Waals surface area contributed by atoms with Crippen LogP contribution >= 0.6 is 23.2 Å². The highest BCUT2D eigenvalue weighted by Gasteiger charge is 2.17. The first-order valence-electron chi connectivity index (χ1n) is 3.32. The molecule has 1 heterocycles. The molecule has 1 aromatic rings. The lowest BCUT2D eigenvalue weighted by molar-refractivity contribution is 0.397. The van der Waals surface area contributed by atoms with Crippen LogP contribution in [0.15, 0.2) is 6.33 Å². The standard InChI is InChI=1S/C7H10Cl2N2/c1-7(2,3)11-4-10-5(8)6(11)9/h4H,1-3H3. The lowest BCUT2D eigenvalue weighted by Crippen LogP contribution is -2.20. The summed E-state index contributed by atoms with van der Waals surface area (Å²) < 4.78 is 1.83. The first-order chi connectivity index (χ1) is 4.93. The molecule has 0 aliphatic carbocycles. The maximum Gasteiger partial charge on any atom is 0.166 e. The minimum atomic E-state index is -0.0583. The minimum Gasteiger partial charge on any atom is -0.315 e. The second-order valence-corrected chi connectivity index (χ2v) is 4.08. The number of hydrogen-bond acceptors (Lipinski definition) is 1. The second kappa shape index (κ2) is 2.68. The maximum atomic E-state index is 5.86. The zero-order chi connectivity index (χ0) is 8.65. The van der Waals surface area contributed by atoms with Gasteiger partial charge in [0, 0.05) is 5.54 Å². The Morgan fingerprint density at radius 2 is 1.91 bits per heavy atom. The van der Waals surface area contributed by atoms with E-state index in [1.165, 1.54) is 0 Å². The number of nitrogens with zero attached hydrogens (tertiary/aromatic N) is 2. The topological polar surface area (TPSA) is 17.8 Å². The predicted molar refractivity (Wildman–Crippen MR) is 47.2 cm³/mol. The zero-order valence-electron chi connectivity index (χ0n) is 6.73. The molecule has 0 radical (unpaired) electrons. The van der Waals surface area contributed by atoms with Crippen molar-refractivity contribution < 1.29 is 0 Å². The van der Waals surface area contributed by atoms with Gasteiger partial charge in [0.1, 0.15) is 5.15 Å². The van der Waals surface area contributed by atoms with Gasteiger partial charge in [-0.05, 0) is 20.8 Å². The molecule has 4 heteroatoms. The number of aromatic nitrogens is 2. The van der Waals surface area contributed by atoms with Crippen molar-refractivity contribution in [2.24, 2.45) is 0 Å². The van der Waals surface area contributed by atoms with Gasteiger partial charge in [0.05, 0.1) is 6.33 Å². The third-order valence-electron chi connectivity index (χ3n) is 1.39. The van der Waals surface area contributed by atoms with Crippen LogP contribution in [-0.4, -0.2) is 9.55 Å². The van der Waals surface area contributed by atoms with E-state index in [1.54, 1.807) is 6.33 Å². The summed E-state index contributed by atoms with van der Waals surface area (Å²) in [5.74, 6) is 0. The second-order valence-electron chi connectivity index (χ2n) is 3.37. The number of halogens is 2. The first-order valence-corrected chi connectivity index (χ1v) is 4.07. The van der Waals surface area contributed by atoms with Crippen LogP contribution in [0.5, 0.6) is 0 Å². The fraction of sp³-hybridized carbons (Fsp3) is 0.571. The average Bonchev–Trinajstić information content (AvgIpc) is 2.11. The number of imidazole rings is 1. The van der Waals surface area contributed by atoms with Gasteiger partial charge in [0.25, 0.3) is 0 Å². The van der Waals surface area contributed by atoms with Crippen LogP contribution in [0.4, 0.5) is 0 Å². The predicted octanol–water partition coefficient (Wildman–Crippen LogP) is 2.94. The molecule has 0 aliphatic rings. The van der Waals surface area contributed by atoms with Gasteiger partial charge < -0.3 is 4.57 Å². The van der Waals surface area contributed by atoms with Gasteiger partial charge in [-0.15, -0.1) is 0 Å². The third-order valence-corrected chi connectivity index (χ3v) is 2.13. The summed E-state index contributed by atoms with van der Waals surface area (Å²) in [6, 6.07) is 0. The van der Waals surface area contributed by atoms with E-state index >= 15 is 0 Å². The summed E-state index contributed by atoms with van der Waals surface area (Å²) in [4.78, 5) is 3.88. The smallest absolute Gasteiger partial charge is 0.166 e. The van der Waals surface area contributed by atoms with Gasteiger partial charge >= 0.3 is 0 Å². The van der Waals surface area contributed by atoms with Gasteiger partial charge in [-0.2, -0.15) is 0 Å². The Labute approximate surface area is 76.1 Å². The van der Waals surface area contributed by atoms with Crippen LogP contribution in [0, 0.1) is 0 Å². The Balaban J connectivity index is 3.15. The van der Waals surface area contributed by atoms with Crippen molar-refractivity contribution in [2.75, 3.05) is 0 Å². The molecule has 1 rings (SSSR count). The molecule has 0 amide bonds. The van der Waals surface area contributed by atoms with Crippen LogP contribution in [0.1, 0.15) is 20.8 Å². The molecule has 11 heavy (non-hydrogen) atoms. The first kappa shape index (κ1) is 8.88. The van der Waals surface area contributed by atoms with E-state index in [2.05, 4.69) is 4.98 Å². The third kappa shape index (κ3) is 1.68. The molecule has 0 bridgehead atoms. The van der Waals surface area contributed by atoms with Crippen LogP contribution in [0.3, 0.4) is 0 Å². The summed E-state index contributed by atoms with van der Waals surface area (Å²) in [6.07, 6.45) is 1.64. The van der Waals surface area contributed by atoms with E-state index in [0.29, 0.717) is 10.3 Å². The minimum absolute atomic E-state index is 0.0583. The van der Waals surface area contributed by atoms with E-state index in [1.807, 2.05) is 25.3 Å². The molecule has 0 atom stereocenters. The van der Waals surface area contributed by atoms with E-state index in [4.69, 9.17) is 23.2 Å². The van der Waals surface area contributed by atoms with Crippen molar-refractivity contribution >= 4 is 23.2 Å². The van der Waals surface area contributed by atoms with Crippen LogP contribution in [0.2, 0.25) is 10.3 Å². The fourth-order valence-corrected chi connectivity index (χ4v) is 1.26. The van der Waals surface area contributed by atoms with Crippen molar-refractivity contribution in [1.29, 1.82) is 0 Å². The Bertz CT molecular complexity index is 260. The molecule has 2 nitrogen and oxygen atoms in total. The zero-order valence-corrected chi connectivity index (χ0v) is 8.24. The molecule has 0 N–H and O–H groups in total. The average molecular weight is 193 g/mol.